The summed E-state index contributed by atoms with van der Waals surface area (Å²) < 4.78 is 5.17. The van der Waals surface area contributed by atoms with Gasteiger partial charge in [0.1, 0.15) is 6.04 Å². The molecule has 0 bridgehead atoms. The lowest BCUT2D eigenvalue weighted by Crippen LogP contribution is -2.45. The average Bonchev–Trinajstić information content (AvgIpc) is 2.39. The molecule has 0 aromatic heterocycles. The van der Waals surface area contributed by atoms with Gasteiger partial charge in [0.25, 0.3) is 0 Å². The maximum atomic E-state index is 11.9. The Morgan fingerprint density at radius 2 is 1.94 bits per heavy atom. The third-order valence-electron chi connectivity index (χ3n) is 3.71. The van der Waals surface area contributed by atoms with Crippen molar-refractivity contribution in [1.29, 1.82) is 0 Å². The van der Waals surface area contributed by atoms with Crippen LogP contribution in [0.5, 0.6) is 0 Å². The van der Waals surface area contributed by atoms with Crippen molar-refractivity contribution in [2.75, 3.05) is 6.61 Å². The summed E-state index contributed by atoms with van der Waals surface area (Å²) in [7, 11) is 0. The summed E-state index contributed by atoms with van der Waals surface area (Å²) in [6, 6.07) is 0.439. The van der Waals surface area contributed by atoms with Crippen LogP contribution >= 0.6 is 0 Å². The van der Waals surface area contributed by atoms with Crippen molar-refractivity contribution in [3.8, 4) is 0 Å². The van der Waals surface area contributed by atoms with Crippen LogP contribution in [0.3, 0.4) is 0 Å². The first kappa shape index (κ1) is 15.5. The largest absolute Gasteiger partial charge is 0.465 e. The molecule has 1 rings (SSSR count). The Labute approximate surface area is 112 Å². The van der Waals surface area contributed by atoms with Gasteiger partial charge in [-0.3, -0.25) is 4.79 Å². The predicted molar refractivity (Wildman–Crippen MR) is 74.6 cm³/mol. The number of unbranched alkanes of at least 4 members (excludes halogenated alkanes) is 2. The maximum Gasteiger partial charge on any atom is 0.323 e. The highest BCUT2D eigenvalue weighted by atomic mass is 16.5. The normalized spacial score (nSPS) is 18.6. The molecule has 1 atom stereocenters. The second kappa shape index (κ2) is 9.37. The van der Waals surface area contributed by atoms with E-state index in [-0.39, 0.29) is 12.0 Å². The topological polar surface area (TPSA) is 38.3 Å². The lowest BCUT2D eigenvalue weighted by Gasteiger charge is -2.27. The van der Waals surface area contributed by atoms with Gasteiger partial charge in [0.15, 0.2) is 0 Å². The van der Waals surface area contributed by atoms with E-state index in [2.05, 4.69) is 12.2 Å². The Kier molecular flexibility index (Phi) is 8.06. The molecule has 0 radical (unpaired) electrons. The second-order valence-electron chi connectivity index (χ2n) is 5.30. The van der Waals surface area contributed by atoms with Crippen LogP contribution in [0, 0.1) is 0 Å². The Morgan fingerprint density at radius 3 is 2.56 bits per heavy atom. The van der Waals surface area contributed by atoms with E-state index in [0.717, 1.165) is 12.8 Å². The van der Waals surface area contributed by atoms with E-state index in [9.17, 15) is 4.79 Å². The maximum absolute atomic E-state index is 11.9. The van der Waals surface area contributed by atoms with Crippen molar-refractivity contribution in [1.82, 2.24) is 5.32 Å². The van der Waals surface area contributed by atoms with Gasteiger partial charge in [-0.25, -0.2) is 0 Å². The Bertz CT molecular complexity index is 225. The van der Waals surface area contributed by atoms with Gasteiger partial charge < -0.3 is 10.1 Å². The first-order valence-corrected chi connectivity index (χ1v) is 7.70. The molecule has 0 saturated heterocycles. The number of esters is 1. The first-order chi connectivity index (χ1) is 8.77. The summed E-state index contributed by atoms with van der Waals surface area (Å²) in [5.74, 6) is -0.0563. The summed E-state index contributed by atoms with van der Waals surface area (Å²) in [4.78, 5) is 11.9. The van der Waals surface area contributed by atoms with E-state index in [1.54, 1.807) is 0 Å². The van der Waals surface area contributed by atoms with E-state index in [1.165, 1.54) is 44.9 Å². The summed E-state index contributed by atoms with van der Waals surface area (Å²) in [5, 5.41) is 3.52. The Hall–Kier alpha value is -0.570. The highest BCUT2D eigenvalue weighted by molar-refractivity contribution is 5.75. The van der Waals surface area contributed by atoms with Crippen molar-refractivity contribution in [3.63, 3.8) is 0 Å². The number of hydrogen-bond donors (Lipinski definition) is 1. The summed E-state index contributed by atoms with van der Waals surface area (Å²) in [6.45, 7) is 4.55. The van der Waals surface area contributed by atoms with Crippen LogP contribution in [0.25, 0.3) is 0 Å². The van der Waals surface area contributed by atoms with E-state index >= 15 is 0 Å². The van der Waals surface area contributed by atoms with Crippen molar-refractivity contribution in [3.05, 3.63) is 0 Å². The lowest BCUT2D eigenvalue weighted by atomic mass is 9.94. The van der Waals surface area contributed by atoms with E-state index in [0.29, 0.717) is 12.6 Å². The monoisotopic (exact) mass is 255 g/mol. The molecule has 1 aliphatic carbocycles. The van der Waals surface area contributed by atoms with Gasteiger partial charge in [-0.05, 0) is 26.2 Å². The number of carbonyl (C=O) groups excluding carboxylic acids is 1. The summed E-state index contributed by atoms with van der Waals surface area (Å²) in [5.41, 5.74) is 0. The van der Waals surface area contributed by atoms with Gasteiger partial charge in [0.2, 0.25) is 0 Å². The van der Waals surface area contributed by atoms with E-state index in [4.69, 9.17) is 4.74 Å². The number of rotatable bonds is 8. The molecular weight excluding hydrogens is 226 g/mol. The molecular formula is C15H29NO2. The summed E-state index contributed by atoms with van der Waals surface area (Å²) >= 11 is 0. The van der Waals surface area contributed by atoms with Crippen LogP contribution in [0.4, 0.5) is 0 Å². The van der Waals surface area contributed by atoms with E-state index in [1.807, 2.05) is 6.92 Å². The molecule has 1 unspecified atom stereocenters. The fraction of sp³-hybridized carbons (Fsp3) is 0.933. The SMILES string of the molecule is CCCCCC(NC1CCCCC1)C(=O)OCC. The van der Waals surface area contributed by atoms with Crippen LogP contribution in [0.2, 0.25) is 0 Å². The lowest BCUT2D eigenvalue weighted by molar-refractivity contribution is -0.146. The third-order valence-corrected chi connectivity index (χ3v) is 3.71. The Morgan fingerprint density at radius 1 is 1.22 bits per heavy atom. The van der Waals surface area contributed by atoms with Gasteiger partial charge in [-0.1, -0.05) is 45.4 Å². The number of carbonyl (C=O) groups is 1. The molecule has 0 heterocycles. The van der Waals surface area contributed by atoms with Crippen LogP contribution < -0.4 is 5.32 Å². The molecule has 0 aliphatic heterocycles. The third kappa shape index (κ3) is 5.85. The summed E-state index contributed by atoms with van der Waals surface area (Å²) in [6.07, 6.45) is 10.8. The highest BCUT2D eigenvalue weighted by Crippen LogP contribution is 2.19. The quantitative estimate of drug-likeness (QED) is 0.533. The zero-order valence-electron chi connectivity index (χ0n) is 12.0. The molecule has 0 aromatic carbocycles. The highest BCUT2D eigenvalue weighted by Gasteiger charge is 2.23. The molecule has 3 nitrogen and oxygen atoms in total. The molecule has 3 heteroatoms. The van der Waals surface area contributed by atoms with Gasteiger partial charge in [0.05, 0.1) is 6.61 Å². The fourth-order valence-corrected chi connectivity index (χ4v) is 2.66. The van der Waals surface area contributed by atoms with Gasteiger partial charge in [-0.15, -0.1) is 0 Å². The molecule has 0 spiro atoms. The molecule has 1 saturated carbocycles. The molecule has 0 aromatic rings. The minimum atomic E-state index is -0.0837. The van der Waals surface area contributed by atoms with Crippen LogP contribution in [-0.2, 0) is 9.53 Å². The molecule has 1 fully saturated rings. The molecule has 106 valence electrons. The number of ether oxygens (including phenoxy) is 1. The Balaban J connectivity index is 2.38. The number of nitrogens with one attached hydrogen (secondary N) is 1. The van der Waals surface area contributed by atoms with Crippen LogP contribution in [0.1, 0.15) is 71.6 Å². The van der Waals surface area contributed by atoms with Gasteiger partial charge >= 0.3 is 5.97 Å². The fourth-order valence-electron chi connectivity index (χ4n) is 2.66. The van der Waals surface area contributed by atoms with Crippen molar-refractivity contribution >= 4 is 5.97 Å². The molecule has 0 amide bonds. The zero-order chi connectivity index (χ0) is 13.2. The van der Waals surface area contributed by atoms with E-state index < -0.39 is 0 Å². The second-order valence-corrected chi connectivity index (χ2v) is 5.30. The smallest absolute Gasteiger partial charge is 0.323 e. The molecule has 18 heavy (non-hydrogen) atoms. The van der Waals surface area contributed by atoms with Crippen molar-refractivity contribution in [2.45, 2.75) is 83.7 Å². The van der Waals surface area contributed by atoms with Crippen molar-refractivity contribution in [2.24, 2.45) is 0 Å². The first-order valence-electron chi connectivity index (χ1n) is 7.70. The minimum absolute atomic E-state index is 0.0563. The molecule has 1 aliphatic rings. The van der Waals surface area contributed by atoms with Crippen molar-refractivity contribution < 1.29 is 9.53 Å². The van der Waals surface area contributed by atoms with Gasteiger partial charge in [0, 0.05) is 6.04 Å². The number of hydrogen-bond acceptors (Lipinski definition) is 3. The average molecular weight is 255 g/mol. The van der Waals surface area contributed by atoms with Crippen LogP contribution in [0.15, 0.2) is 0 Å². The molecule has 1 N–H and O–H groups in total. The minimum Gasteiger partial charge on any atom is -0.465 e. The standard InChI is InChI=1S/C15H29NO2/c1-3-5-7-12-14(15(17)18-4-2)16-13-10-8-6-9-11-13/h13-14,16H,3-12H2,1-2H3. The van der Waals surface area contributed by atoms with Crippen LogP contribution in [-0.4, -0.2) is 24.7 Å². The van der Waals surface area contributed by atoms with Gasteiger partial charge in [-0.2, -0.15) is 0 Å². The predicted octanol–water partition coefficient (Wildman–Crippen LogP) is 3.42. The zero-order valence-corrected chi connectivity index (χ0v) is 12.0.